The highest BCUT2D eigenvalue weighted by atomic mass is 15.3. The van der Waals surface area contributed by atoms with Gasteiger partial charge < -0.3 is 15.6 Å². The van der Waals surface area contributed by atoms with Crippen molar-refractivity contribution in [3.8, 4) is 0 Å². The molecule has 0 radical (unpaired) electrons. The largest absolute Gasteiger partial charge is 0.368 e. The third kappa shape index (κ3) is 3.89. The molecule has 0 saturated heterocycles. The number of anilines is 3. The first kappa shape index (κ1) is 17.0. The molecule has 2 aromatic carbocycles. The summed E-state index contributed by atoms with van der Waals surface area (Å²) in [6.45, 7) is 4.95. The van der Waals surface area contributed by atoms with Crippen LogP contribution in [0.25, 0.3) is 10.9 Å². The molecular formula is C21H22N6. The van der Waals surface area contributed by atoms with Crippen LogP contribution in [-0.2, 0) is 6.42 Å². The van der Waals surface area contributed by atoms with E-state index in [1.54, 1.807) is 6.20 Å². The number of aryl methyl sites for hydroxylation is 2. The number of H-pyrrole nitrogens is 1. The van der Waals surface area contributed by atoms with Crippen LogP contribution in [0.1, 0.15) is 16.7 Å². The van der Waals surface area contributed by atoms with E-state index < -0.39 is 0 Å². The first-order chi connectivity index (χ1) is 13.2. The SMILES string of the molecule is Cc1ccc(Nc2nncc(NCCc3c[nH]c4ccccc34)n2)cc1C. The summed E-state index contributed by atoms with van der Waals surface area (Å²) in [6.07, 6.45) is 4.60. The first-order valence-electron chi connectivity index (χ1n) is 9.02. The third-order valence-electron chi connectivity index (χ3n) is 4.70. The van der Waals surface area contributed by atoms with Crippen LogP contribution in [-0.4, -0.2) is 26.7 Å². The Kier molecular flexibility index (Phi) is 4.70. The van der Waals surface area contributed by atoms with E-state index in [0.29, 0.717) is 11.8 Å². The lowest BCUT2D eigenvalue weighted by Crippen LogP contribution is -2.08. The van der Waals surface area contributed by atoms with E-state index in [0.717, 1.165) is 24.2 Å². The molecule has 2 aromatic heterocycles. The highest BCUT2D eigenvalue weighted by Crippen LogP contribution is 2.19. The van der Waals surface area contributed by atoms with Crippen LogP contribution in [0.4, 0.5) is 17.5 Å². The number of hydrogen-bond acceptors (Lipinski definition) is 5. The van der Waals surface area contributed by atoms with Crippen LogP contribution in [0.15, 0.2) is 54.9 Å². The molecule has 4 aromatic rings. The molecule has 4 rings (SSSR count). The molecule has 27 heavy (non-hydrogen) atoms. The molecule has 2 heterocycles. The molecule has 0 spiro atoms. The Balaban J connectivity index is 1.39. The zero-order chi connectivity index (χ0) is 18.6. The number of hydrogen-bond donors (Lipinski definition) is 3. The molecule has 0 aliphatic rings. The number of nitrogens with zero attached hydrogens (tertiary/aromatic N) is 3. The van der Waals surface area contributed by atoms with E-state index in [1.807, 2.05) is 12.1 Å². The molecule has 6 nitrogen and oxygen atoms in total. The van der Waals surface area contributed by atoms with Crippen molar-refractivity contribution in [3.05, 3.63) is 71.5 Å². The molecule has 0 aliphatic heterocycles. The maximum atomic E-state index is 4.50. The number of benzene rings is 2. The molecule has 0 amide bonds. The van der Waals surface area contributed by atoms with Gasteiger partial charge in [0.2, 0.25) is 5.95 Å². The summed E-state index contributed by atoms with van der Waals surface area (Å²) in [6, 6.07) is 14.5. The van der Waals surface area contributed by atoms with Gasteiger partial charge in [0.15, 0.2) is 5.82 Å². The van der Waals surface area contributed by atoms with Crippen molar-refractivity contribution in [3.63, 3.8) is 0 Å². The zero-order valence-electron chi connectivity index (χ0n) is 15.5. The molecule has 0 saturated carbocycles. The lowest BCUT2D eigenvalue weighted by atomic mass is 10.1. The van der Waals surface area contributed by atoms with Crippen LogP contribution < -0.4 is 10.6 Å². The Morgan fingerprint density at radius 2 is 1.93 bits per heavy atom. The second kappa shape index (κ2) is 7.45. The second-order valence-electron chi connectivity index (χ2n) is 6.63. The maximum Gasteiger partial charge on any atom is 0.249 e. The van der Waals surface area contributed by atoms with Gasteiger partial charge in [-0.15, -0.1) is 5.10 Å². The topological polar surface area (TPSA) is 78.5 Å². The van der Waals surface area contributed by atoms with E-state index >= 15 is 0 Å². The maximum absolute atomic E-state index is 4.50. The van der Waals surface area contributed by atoms with Gasteiger partial charge >= 0.3 is 0 Å². The van der Waals surface area contributed by atoms with Gasteiger partial charge in [0.25, 0.3) is 0 Å². The Bertz CT molecular complexity index is 1070. The van der Waals surface area contributed by atoms with Gasteiger partial charge in [0.1, 0.15) is 0 Å². The normalized spacial score (nSPS) is 10.9. The number of aromatic amines is 1. The number of aromatic nitrogens is 4. The van der Waals surface area contributed by atoms with Gasteiger partial charge in [0, 0.05) is 29.3 Å². The molecule has 0 fully saturated rings. The van der Waals surface area contributed by atoms with Gasteiger partial charge in [-0.1, -0.05) is 24.3 Å². The minimum atomic E-state index is 0.482. The monoisotopic (exact) mass is 358 g/mol. The van der Waals surface area contributed by atoms with E-state index in [2.05, 4.69) is 81.2 Å². The minimum absolute atomic E-state index is 0.482. The van der Waals surface area contributed by atoms with Crippen LogP contribution >= 0.6 is 0 Å². The standard InChI is InChI=1S/C21H22N6/c1-14-7-8-17(11-15(14)2)25-21-26-20(13-24-27-21)22-10-9-16-12-23-19-6-4-3-5-18(16)19/h3-8,11-13,23H,9-10H2,1-2H3,(H2,22,25,26,27). The van der Waals surface area contributed by atoms with Gasteiger partial charge in [-0.3, -0.25) is 0 Å². The molecule has 0 bridgehead atoms. The molecule has 3 N–H and O–H groups in total. The van der Waals surface area contributed by atoms with Gasteiger partial charge in [-0.25, -0.2) is 0 Å². The Hall–Kier alpha value is -3.41. The summed E-state index contributed by atoms with van der Waals surface area (Å²) >= 11 is 0. The van der Waals surface area contributed by atoms with E-state index in [4.69, 9.17) is 0 Å². The van der Waals surface area contributed by atoms with Crippen LogP contribution in [0.2, 0.25) is 0 Å². The fourth-order valence-corrected chi connectivity index (χ4v) is 3.05. The van der Waals surface area contributed by atoms with Crippen molar-refractivity contribution in [2.45, 2.75) is 20.3 Å². The fourth-order valence-electron chi connectivity index (χ4n) is 3.05. The fraction of sp³-hybridized carbons (Fsp3) is 0.190. The van der Waals surface area contributed by atoms with Crippen molar-refractivity contribution in [2.75, 3.05) is 17.2 Å². The average molecular weight is 358 g/mol. The molecule has 6 heteroatoms. The molecular weight excluding hydrogens is 336 g/mol. The smallest absolute Gasteiger partial charge is 0.249 e. The first-order valence-corrected chi connectivity index (χ1v) is 9.02. The third-order valence-corrected chi connectivity index (χ3v) is 4.70. The Labute approximate surface area is 158 Å². The average Bonchev–Trinajstić information content (AvgIpc) is 3.09. The van der Waals surface area contributed by atoms with Crippen molar-refractivity contribution in [1.82, 2.24) is 20.2 Å². The summed E-state index contributed by atoms with van der Waals surface area (Å²) in [4.78, 5) is 7.80. The highest BCUT2D eigenvalue weighted by molar-refractivity contribution is 5.83. The highest BCUT2D eigenvalue weighted by Gasteiger charge is 2.05. The zero-order valence-corrected chi connectivity index (χ0v) is 15.5. The summed E-state index contributed by atoms with van der Waals surface area (Å²) in [5.41, 5.74) is 5.88. The Morgan fingerprint density at radius 1 is 1.04 bits per heavy atom. The van der Waals surface area contributed by atoms with Crippen LogP contribution in [0.3, 0.4) is 0 Å². The van der Waals surface area contributed by atoms with Crippen LogP contribution in [0.5, 0.6) is 0 Å². The van der Waals surface area contributed by atoms with Gasteiger partial charge in [0.05, 0.1) is 6.20 Å². The van der Waals surface area contributed by atoms with E-state index in [-0.39, 0.29) is 0 Å². The van der Waals surface area contributed by atoms with Crippen molar-refractivity contribution < 1.29 is 0 Å². The Morgan fingerprint density at radius 3 is 2.81 bits per heavy atom. The number of fused-ring (bicyclic) bond motifs is 1. The summed E-state index contributed by atoms with van der Waals surface area (Å²) < 4.78 is 0. The van der Waals surface area contributed by atoms with Crippen molar-refractivity contribution >= 4 is 28.4 Å². The summed E-state index contributed by atoms with van der Waals surface area (Å²) in [5.74, 6) is 1.19. The van der Waals surface area contributed by atoms with Crippen LogP contribution in [0, 0.1) is 13.8 Å². The van der Waals surface area contributed by atoms with Gasteiger partial charge in [-0.2, -0.15) is 10.1 Å². The number of nitrogens with one attached hydrogen (secondary N) is 3. The minimum Gasteiger partial charge on any atom is -0.368 e. The number of para-hydroxylation sites is 1. The summed E-state index contributed by atoms with van der Waals surface area (Å²) in [7, 11) is 0. The summed E-state index contributed by atoms with van der Waals surface area (Å²) in [5, 5.41) is 15.9. The predicted molar refractivity (Wildman–Crippen MR) is 110 cm³/mol. The molecule has 0 atom stereocenters. The van der Waals surface area contributed by atoms with Crippen molar-refractivity contribution in [1.29, 1.82) is 0 Å². The molecule has 136 valence electrons. The second-order valence-corrected chi connectivity index (χ2v) is 6.63. The van der Waals surface area contributed by atoms with Gasteiger partial charge in [-0.05, 0) is 55.2 Å². The molecule has 0 unspecified atom stereocenters. The lowest BCUT2D eigenvalue weighted by Gasteiger charge is -2.09. The lowest BCUT2D eigenvalue weighted by molar-refractivity contribution is 0.952. The predicted octanol–water partition coefficient (Wildman–Crippen LogP) is 4.37. The quantitative estimate of drug-likeness (QED) is 0.477. The number of rotatable bonds is 6. The van der Waals surface area contributed by atoms with E-state index in [1.165, 1.54) is 22.1 Å². The van der Waals surface area contributed by atoms with Crippen molar-refractivity contribution in [2.24, 2.45) is 0 Å². The molecule has 0 aliphatic carbocycles. The van der Waals surface area contributed by atoms with E-state index in [9.17, 15) is 0 Å².